The van der Waals surface area contributed by atoms with E-state index in [1.165, 1.54) is 7.05 Å². The highest BCUT2D eigenvalue weighted by Crippen LogP contribution is 2.47. The fourth-order valence-corrected chi connectivity index (χ4v) is 3.01. The summed E-state index contributed by atoms with van der Waals surface area (Å²) in [5, 5.41) is 0. The first-order valence-electron chi connectivity index (χ1n) is 6.14. The molecule has 0 aromatic heterocycles. The molecule has 1 aromatic carbocycles. The zero-order valence-corrected chi connectivity index (χ0v) is 10.8. The van der Waals surface area contributed by atoms with E-state index in [9.17, 15) is 14.4 Å². The van der Waals surface area contributed by atoms with Gasteiger partial charge in [-0.25, -0.2) is 0 Å². The van der Waals surface area contributed by atoms with Crippen molar-refractivity contribution in [2.45, 2.75) is 18.3 Å². The van der Waals surface area contributed by atoms with Gasteiger partial charge in [0.05, 0.1) is 5.41 Å². The van der Waals surface area contributed by atoms with Crippen LogP contribution >= 0.6 is 0 Å². The molecule has 0 atom stereocenters. The van der Waals surface area contributed by atoms with Crippen molar-refractivity contribution in [3.63, 3.8) is 0 Å². The first-order valence-corrected chi connectivity index (χ1v) is 6.14. The average Bonchev–Trinajstić information content (AvgIpc) is 2.60. The van der Waals surface area contributed by atoms with Crippen LogP contribution in [0.15, 0.2) is 24.3 Å². The number of imide groups is 1. The maximum atomic E-state index is 12.5. The number of para-hydroxylation sites is 1. The Kier molecular flexibility index (Phi) is 2.29. The van der Waals surface area contributed by atoms with E-state index < -0.39 is 5.41 Å². The second-order valence-corrected chi connectivity index (χ2v) is 5.16. The molecule has 98 valence electrons. The summed E-state index contributed by atoms with van der Waals surface area (Å²) >= 11 is 0. The summed E-state index contributed by atoms with van der Waals surface area (Å²) in [7, 11) is 3.15. The third-order valence-corrected chi connectivity index (χ3v) is 4.15. The van der Waals surface area contributed by atoms with E-state index >= 15 is 0 Å². The van der Waals surface area contributed by atoms with Crippen LogP contribution in [0.25, 0.3) is 0 Å². The Hall–Kier alpha value is -2.17. The fraction of sp³-hybridized carbons (Fsp3) is 0.357. The molecular formula is C14H14N2O3. The molecule has 2 heterocycles. The van der Waals surface area contributed by atoms with Gasteiger partial charge >= 0.3 is 0 Å². The summed E-state index contributed by atoms with van der Waals surface area (Å²) in [5.74, 6) is -0.757. The van der Waals surface area contributed by atoms with Crippen molar-refractivity contribution in [1.29, 1.82) is 0 Å². The molecule has 0 unspecified atom stereocenters. The van der Waals surface area contributed by atoms with Crippen LogP contribution in [0.1, 0.15) is 18.4 Å². The van der Waals surface area contributed by atoms with Gasteiger partial charge in [0.2, 0.25) is 17.7 Å². The number of benzene rings is 1. The Morgan fingerprint density at radius 3 is 2.16 bits per heavy atom. The minimum absolute atomic E-state index is 0.0649. The molecule has 0 saturated carbocycles. The van der Waals surface area contributed by atoms with Crippen LogP contribution in [-0.4, -0.2) is 36.7 Å². The maximum Gasteiger partial charge on any atom is 0.238 e. The lowest BCUT2D eigenvalue weighted by Gasteiger charge is -2.34. The van der Waals surface area contributed by atoms with Crippen LogP contribution < -0.4 is 4.90 Å². The molecule has 2 aliphatic heterocycles. The van der Waals surface area contributed by atoms with Gasteiger partial charge in [-0.15, -0.1) is 0 Å². The molecule has 1 spiro atoms. The van der Waals surface area contributed by atoms with Gasteiger partial charge in [-0.2, -0.15) is 0 Å². The lowest BCUT2D eigenvalue weighted by atomic mass is 9.73. The van der Waals surface area contributed by atoms with Crippen LogP contribution in [0.3, 0.4) is 0 Å². The minimum Gasteiger partial charge on any atom is -0.314 e. The number of fused-ring (bicyclic) bond motifs is 2. The summed E-state index contributed by atoms with van der Waals surface area (Å²) in [6.45, 7) is 0. The molecule has 0 N–H and O–H groups in total. The summed E-state index contributed by atoms with van der Waals surface area (Å²) < 4.78 is 0. The standard InChI is InChI=1S/C14H14N2O3/c1-15-10-6-4-3-5-9(10)14(13(15)19)7-11(17)16(2)12(18)8-14/h3-6H,7-8H2,1-2H3. The Morgan fingerprint density at radius 2 is 1.53 bits per heavy atom. The Bertz CT molecular complexity index is 590. The molecule has 1 saturated heterocycles. The third kappa shape index (κ3) is 1.38. The third-order valence-electron chi connectivity index (χ3n) is 4.15. The number of carbonyl (C=O) groups is 3. The number of nitrogens with zero attached hydrogens (tertiary/aromatic N) is 2. The van der Waals surface area contributed by atoms with Crippen molar-refractivity contribution in [2.24, 2.45) is 0 Å². The van der Waals surface area contributed by atoms with E-state index in [4.69, 9.17) is 0 Å². The van der Waals surface area contributed by atoms with E-state index in [1.807, 2.05) is 24.3 Å². The van der Waals surface area contributed by atoms with E-state index in [0.717, 1.165) is 16.2 Å². The van der Waals surface area contributed by atoms with Crippen molar-refractivity contribution in [1.82, 2.24) is 4.90 Å². The van der Waals surface area contributed by atoms with Crippen LogP contribution in [0.4, 0.5) is 5.69 Å². The molecule has 3 amide bonds. The zero-order valence-electron chi connectivity index (χ0n) is 10.8. The number of rotatable bonds is 0. The van der Waals surface area contributed by atoms with E-state index in [1.54, 1.807) is 11.9 Å². The fourth-order valence-electron chi connectivity index (χ4n) is 3.01. The molecule has 0 radical (unpaired) electrons. The van der Waals surface area contributed by atoms with Gasteiger partial charge in [-0.05, 0) is 11.6 Å². The highest BCUT2D eigenvalue weighted by atomic mass is 16.2. The molecule has 0 bridgehead atoms. The highest BCUT2D eigenvalue weighted by Gasteiger charge is 2.55. The molecule has 5 nitrogen and oxygen atoms in total. The normalized spacial score (nSPS) is 21.3. The van der Waals surface area contributed by atoms with Gasteiger partial charge in [-0.1, -0.05) is 18.2 Å². The first-order chi connectivity index (χ1) is 8.97. The summed E-state index contributed by atoms with van der Waals surface area (Å²) in [5.41, 5.74) is 0.585. The number of likely N-dealkylation sites (tertiary alicyclic amines) is 1. The largest absolute Gasteiger partial charge is 0.314 e. The lowest BCUT2D eigenvalue weighted by Crippen LogP contribution is -2.52. The van der Waals surface area contributed by atoms with E-state index in [2.05, 4.69) is 0 Å². The monoisotopic (exact) mass is 258 g/mol. The van der Waals surface area contributed by atoms with Gasteiger partial charge in [0.1, 0.15) is 0 Å². The van der Waals surface area contributed by atoms with Gasteiger partial charge in [-0.3, -0.25) is 19.3 Å². The van der Waals surface area contributed by atoms with Crippen LogP contribution in [0, 0.1) is 0 Å². The van der Waals surface area contributed by atoms with Crippen molar-refractivity contribution in [2.75, 3.05) is 19.0 Å². The Labute approximate surface area is 110 Å². The Balaban J connectivity index is 2.17. The summed E-state index contributed by atoms with van der Waals surface area (Å²) in [6.07, 6.45) is 0.130. The van der Waals surface area contributed by atoms with Gasteiger partial charge in [0, 0.05) is 32.6 Å². The first kappa shape index (κ1) is 11.9. The quantitative estimate of drug-likeness (QED) is 0.643. The molecular weight excluding hydrogens is 244 g/mol. The van der Waals surface area contributed by atoms with Crippen LogP contribution in [-0.2, 0) is 19.8 Å². The number of hydrogen-bond acceptors (Lipinski definition) is 3. The van der Waals surface area contributed by atoms with Crippen molar-refractivity contribution >= 4 is 23.4 Å². The summed E-state index contributed by atoms with van der Waals surface area (Å²) in [4.78, 5) is 39.1. The maximum absolute atomic E-state index is 12.5. The van der Waals surface area contributed by atoms with Crippen molar-refractivity contribution in [3.8, 4) is 0 Å². The topological polar surface area (TPSA) is 57.7 Å². The molecule has 19 heavy (non-hydrogen) atoms. The number of amides is 3. The summed E-state index contributed by atoms with van der Waals surface area (Å²) in [6, 6.07) is 7.36. The second-order valence-electron chi connectivity index (χ2n) is 5.16. The van der Waals surface area contributed by atoms with Gasteiger partial charge < -0.3 is 4.90 Å². The SMILES string of the molecule is CN1C(=O)CC2(CC1=O)C(=O)N(C)c1ccccc12. The van der Waals surface area contributed by atoms with Crippen LogP contribution in [0.5, 0.6) is 0 Å². The van der Waals surface area contributed by atoms with Crippen molar-refractivity contribution in [3.05, 3.63) is 29.8 Å². The predicted molar refractivity (Wildman–Crippen MR) is 68.5 cm³/mol. The second kappa shape index (κ2) is 3.66. The lowest BCUT2D eigenvalue weighted by molar-refractivity contribution is -0.152. The number of piperidine rings is 1. The molecule has 1 aromatic rings. The number of carbonyl (C=O) groups excluding carboxylic acids is 3. The molecule has 3 rings (SSSR count). The van der Waals surface area contributed by atoms with E-state index in [0.29, 0.717) is 0 Å². The van der Waals surface area contributed by atoms with Gasteiger partial charge in [0.15, 0.2) is 0 Å². The average molecular weight is 258 g/mol. The number of anilines is 1. The molecule has 0 aliphatic carbocycles. The minimum atomic E-state index is -0.994. The zero-order chi connectivity index (χ0) is 13.8. The smallest absolute Gasteiger partial charge is 0.238 e. The highest BCUT2D eigenvalue weighted by molar-refractivity contribution is 6.14. The van der Waals surface area contributed by atoms with Crippen LogP contribution in [0.2, 0.25) is 0 Å². The number of likely N-dealkylation sites (N-methyl/N-ethyl adjacent to an activating group) is 1. The molecule has 1 fully saturated rings. The Morgan fingerprint density at radius 1 is 0.947 bits per heavy atom. The molecule has 2 aliphatic rings. The molecule has 5 heteroatoms. The predicted octanol–water partition coefficient (Wildman–Crippen LogP) is 0.680. The number of hydrogen-bond donors (Lipinski definition) is 0. The van der Waals surface area contributed by atoms with Gasteiger partial charge in [0.25, 0.3) is 0 Å². The van der Waals surface area contributed by atoms with Crippen molar-refractivity contribution < 1.29 is 14.4 Å². The van der Waals surface area contributed by atoms with E-state index in [-0.39, 0.29) is 30.6 Å².